The molecule has 1 aromatic rings. The second kappa shape index (κ2) is 6.53. The highest BCUT2D eigenvalue weighted by molar-refractivity contribution is 9.10. The minimum absolute atomic E-state index is 0.0195. The zero-order valence-corrected chi connectivity index (χ0v) is 12.8. The van der Waals surface area contributed by atoms with E-state index in [0.29, 0.717) is 12.1 Å². The minimum atomic E-state index is 0.0195. The lowest BCUT2D eigenvalue weighted by atomic mass is 10.1. The molecule has 4 heteroatoms. The average molecular weight is 326 g/mol. The van der Waals surface area contributed by atoms with E-state index in [1.807, 2.05) is 30.0 Å². The lowest BCUT2D eigenvalue weighted by Crippen LogP contribution is -2.40. The molecule has 1 aliphatic rings. The third-order valence-corrected chi connectivity index (χ3v) is 4.41. The first kappa shape index (κ1) is 14.5. The molecule has 19 heavy (non-hydrogen) atoms. The fraction of sp³-hybridized carbons (Fsp3) is 0.533. The van der Waals surface area contributed by atoms with Gasteiger partial charge in [-0.15, -0.1) is 0 Å². The highest BCUT2D eigenvalue weighted by Crippen LogP contribution is 2.27. The molecule has 0 spiro atoms. The number of aliphatic hydroxyl groups excluding tert-OH is 1. The van der Waals surface area contributed by atoms with E-state index >= 15 is 0 Å². The largest absolute Gasteiger partial charge is 0.395 e. The molecule has 0 aliphatic heterocycles. The first-order valence-electron chi connectivity index (χ1n) is 6.81. The Balaban J connectivity index is 2.25. The predicted octanol–water partition coefficient (Wildman–Crippen LogP) is 3.13. The average Bonchev–Trinajstić information content (AvgIpc) is 2.92. The second-order valence-electron chi connectivity index (χ2n) is 5.14. The van der Waals surface area contributed by atoms with Crippen molar-refractivity contribution < 1.29 is 9.90 Å². The van der Waals surface area contributed by atoms with Crippen LogP contribution < -0.4 is 0 Å². The Kier molecular flexibility index (Phi) is 4.99. The molecule has 1 aliphatic carbocycles. The van der Waals surface area contributed by atoms with Crippen molar-refractivity contribution >= 4 is 21.8 Å². The molecule has 1 N–H and O–H groups in total. The molecule has 2 rings (SSSR count). The molecule has 0 heterocycles. The summed E-state index contributed by atoms with van der Waals surface area (Å²) in [6.45, 7) is 2.42. The molecule has 1 aromatic carbocycles. The van der Waals surface area contributed by atoms with Crippen molar-refractivity contribution in [3.8, 4) is 0 Å². The van der Waals surface area contributed by atoms with Crippen LogP contribution in [0.25, 0.3) is 0 Å². The molecule has 1 fully saturated rings. The Hall–Kier alpha value is -0.870. The first-order valence-corrected chi connectivity index (χ1v) is 7.60. The summed E-state index contributed by atoms with van der Waals surface area (Å²) in [4.78, 5) is 14.5. The van der Waals surface area contributed by atoms with Gasteiger partial charge in [-0.05, 0) is 47.8 Å². The molecule has 104 valence electrons. The van der Waals surface area contributed by atoms with E-state index in [-0.39, 0.29) is 18.6 Å². The maximum Gasteiger partial charge on any atom is 0.255 e. The fourth-order valence-electron chi connectivity index (χ4n) is 2.73. The molecule has 0 aromatic heterocycles. The number of carbonyl (C=O) groups is 1. The topological polar surface area (TPSA) is 40.5 Å². The number of aliphatic hydroxyl groups is 1. The van der Waals surface area contributed by atoms with Gasteiger partial charge in [0.1, 0.15) is 0 Å². The van der Waals surface area contributed by atoms with E-state index in [2.05, 4.69) is 15.9 Å². The van der Waals surface area contributed by atoms with Gasteiger partial charge in [0.15, 0.2) is 0 Å². The van der Waals surface area contributed by atoms with Gasteiger partial charge in [-0.3, -0.25) is 4.79 Å². The molecule has 0 bridgehead atoms. The molecule has 0 saturated heterocycles. The monoisotopic (exact) mass is 325 g/mol. The van der Waals surface area contributed by atoms with Crippen LogP contribution in [0.3, 0.4) is 0 Å². The molecule has 0 atom stereocenters. The highest BCUT2D eigenvalue weighted by atomic mass is 79.9. The highest BCUT2D eigenvalue weighted by Gasteiger charge is 2.27. The molecule has 1 saturated carbocycles. The number of hydrogen-bond donors (Lipinski definition) is 1. The van der Waals surface area contributed by atoms with Crippen molar-refractivity contribution in [1.29, 1.82) is 0 Å². The number of aryl methyl sites for hydroxylation is 1. The van der Waals surface area contributed by atoms with Gasteiger partial charge < -0.3 is 10.0 Å². The van der Waals surface area contributed by atoms with Crippen LogP contribution in [0.5, 0.6) is 0 Å². The van der Waals surface area contributed by atoms with Gasteiger partial charge in [0, 0.05) is 17.1 Å². The van der Waals surface area contributed by atoms with Crippen molar-refractivity contribution in [3.05, 3.63) is 33.8 Å². The Morgan fingerprint density at radius 3 is 2.74 bits per heavy atom. The summed E-state index contributed by atoms with van der Waals surface area (Å²) < 4.78 is 0.823. The summed E-state index contributed by atoms with van der Waals surface area (Å²) in [6, 6.07) is 6.08. The number of halogens is 1. The molecule has 1 amide bonds. The van der Waals surface area contributed by atoms with E-state index in [1.165, 1.54) is 12.8 Å². The van der Waals surface area contributed by atoms with Crippen LogP contribution in [0.4, 0.5) is 0 Å². The van der Waals surface area contributed by atoms with Gasteiger partial charge >= 0.3 is 0 Å². The maximum atomic E-state index is 12.7. The normalized spacial score (nSPS) is 15.7. The van der Waals surface area contributed by atoms with E-state index in [0.717, 1.165) is 22.9 Å². The first-order chi connectivity index (χ1) is 9.13. The van der Waals surface area contributed by atoms with Gasteiger partial charge in [0.25, 0.3) is 5.91 Å². The van der Waals surface area contributed by atoms with Crippen molar-refractivity contribution in [3.63, 3.8) is 0 Å². The standard InChI is InChI=1S/C15H20BrNO2/c1-11-6-7-14(16)13(10-11)15(19)17(8-9-18)12-4-2-3-5-12/h6-7,10,12,18H,2-5,8-9H2,1H3. The predicted molar refractivity (Wildman–Crippen MR) is 79.3 cm³/mol. The Bertz CT molecular complexity index is 455. The number of benzene rings is 1. The van der Waals surface area contributed by atoms with Crippen LogP contribution in [-0.2, 0) is 0 Å². The number of hydrogen-bond acceptors (Lipinski definition) is 2. The molecule has 0 unspecified atom stereocenters. The van der Waals surface area contributed by atoms with Crippen LogP contribution in [0.15, 0.2) is 22.7 Å². The van der Waals surface area contributed by atoms with Gasteiger partial charge in [-0.2, -0.15) is 0 Å². The van der Waals surface area contributed by atoms with Crippen molar-refractivity contribution in [2.45, 2.75) is 38.6 Å². The van der Waals surface area contributed by atoms with E-state index in [1.54, 1.807) is 0 Å². The summed E-state index contributed by atoms with van der Waals surface area (Å²) >= 11 is 3.45. The SMILES string of the molecule is Cc1ccc(Br)c(C(=O)N(CCO)C2CCCC2)c1. The van der Waals surface area contributed by atoms with Crippen LogP contribution in [0, 0.1) is 6.92 Å². The summed E-state index contributed by atoms with van der Waals surface area (Å²) in [6.07, 6.45) is 4.45. The van der Waals surface area contributed by atoms with Crippen molar-refractivity contribution in [2.24, 2.45) is 0 Å². The Morgan fingerprint density at radius 1 is 1.42 bits per heavy atom. The number of rotatable bonds is 4. The van der Waals surface area contributed by atoms with Crippen LogP contribution in [0.2, 0.25) is 0 Å². The number of amides is 1. The number of carbonyl (C=O) groups excluding carboxylic acids is 1. The lowest BCUT2D eigenvalue weighted by Gasteiger charge is -2.29. The third kappa shape index (κ3) is 3.37. The van der Waals surface area contributed by atoms with Crippen molar-refractivity contribution in [1.82, 2.24) is 4.90 Å². The quantitative estimate of drug-likeness (QED) is 0.923. The van der Waals surface area contributed by atoms with Gasteiger partial charge in [-0.25, -0.2) is 0 Å². The maximum absolute atomic E-state index is 12.7. The number of nitrogens with zero attached hydrogens (tertiary/aromatic N) is 1. The summed E-state index contributed by atoms with van der Waals surface area (Å²) in [7, 11) is 0. The van der Waals surface area contributed by atoms with Gasteiger partial charge in [-0.1, -0.05) is 24.5 Å². The summed E-state index contributed by atoms with van der Waals surface area (Å²) in [5.74, 6) is 0.0246. The van der Waals surface area contributed by atoms with Crippen LogP contribution in [-0.4, -0.2) is 35.1 Å². The molecular weight excluding hydrogens is 306 g/mol. The van der Waals surface area contributed by atoms with Crippen LogP contribution >= 0.6 is 15.9 Å². The van der Waals surface area contributed by atoms with Crippen molar-refractivity contribution in [2.75, 3.05) is 13.2 Å². The van der Waals surface area contributed by atoms with Gasteiger partial charge in [0.05, 0.1) is 12.2 Å². The zero-order valence-electron chi connectivity index (χ0n) is 11.2. The van der Waals surface area contributed by atoms with E-state index in [9.17, 15) is 9.90 Å². The molecule has 0 radical (unpaired) electrons. The summed E-state index contributed by atoms with van der Waals surface area (Å²) in [5, 5.41) is 9.21. The summed E-state index contributed by atoms with van der Waals surface area (Å²) in [5.41, 5.74) is 1.77. The molecular formula is C15H20BrNO2. The fourth-order valence-corrected chi connectivity index (χ4v) is 3.15. The zero-order chi connectivity index (χ0) is 13.8. The van der Waals surface area contributed by atoms with Gasteiger partial charge in [0.2, 0.25) is 0 Å². The minimum Gasteiger partial charge on any atom is -0.395 e. The van der Waals surface area contributed by atoms with E-state index in [4.69, 9.17) is 0 Å². The molecule has 3 nitrogen and oxygen atoms in total. The van der Waals surface area contributed by atoms with Crippen LogP contribution in [0.1, 0.15) is 41.6 Å². The second-order valence-corrected chi connectivity index (χ2v) is 6.00. The Labute approximate surface area is 122 Å². The van der Waals surface area contributed by atoms with E-state index < -0.39 is 0 Å². The lowest BCUT2D eigenvalue weighted by molar-refractivity contribution is 0.0637. The smallest absolute Gasteiger partial charge is 0.255 e. The Morgan fingerprint density at radius 2 is 2.11 bits per heavy atom. The third-order valence-electron chi connectivity index (χ3n) is 3.72.